The van der Waals surface area contributed by atoms with Gasteiger partial charge in [0.15, 0.2) is 6.29 Å². The van der Waals surface area contributed by atoms with Crippen molar-refractivity contribution in [1.29, 1.82) is 0 Å². The lowest BCUT2D eigenvalue weighted by Crippen LogP contribution is -2.68. The molecule has 0 bridgehead atoms. The monoisotopic (exact) mass is 422 g/mol. The Bertz CT molecular complexity index is 912. The summed E-state index contributed by atoms with van der Waals surface area (Å²) in [5.41, 5.74) is 2.74. The number of H-pyrrole nitrogens is 1. The number of fused-ring (bicyclic) bond motifs is 1. The van der Waals surface area contributed by atoms with Gasteiger partial charge in [0.05, 0.1) is 0 Å². The maximum absolute atomic E-state index is 11.0. The lowest BCUT2D eigenvalue weighted by Gasteiger charge is -2.47. The molecule has 0 amide bonds. The summed E-state index contributed by atoms with van der Waals surface area (Å²) in [7, 11) is 7.67. The van der Waals surface area contributed by atoms with Crippen LogP contribution in [0.2, 0.25) is 0 Å². The van der Waals surface area contributed by atoms with Gasteiger partial charge in [-0.3, -0.25) is 0 Å². The van der Waals surface area contributed by atoms with Crippen LogP contribution in [0.3, 0.4) is 0 Å². The number of ether oxygens (including phenoxy) is 4. The van der Waals surface area contributed by atoms with E-state index in [0.29, 0.717) is 5.56 Å². The fourth-order valence-corrected chi connectivity index (χ4v) is 3.61. The first kappa shape index (κ1) is 22.7. The molecule has 9 nitrogen and oxygen atoms in total. The van der Waals surface area contributed by atoms with Crippen molar-refractivity contribution in [1.82, 2.24) is 9.88 Å². The Morgan fingerprint density at radius 1 is 1.20 bits per heavy atom. The average molecular weight is 422 g/mol. The number of benzene rings is 1. The first-order valence-electron chi connectivity index (χ1n) is 9.59. The second kappa shape index (κ2) is 8.64. The molecule has 0 radical (unpaired) electrons. The number of aromatic nitrogens is 1. The van der Waals surface area contributed by atoms with E-state index in [4.69, 9.17) is 18.9 Å². The Morgan fingerprint density at radius 3 is 2.53 bits per heavy atom. The molecule has 2 aromatic rings. The van der Waals surface area contributed by atoms with E-state index in [0.717, 1.165) is 29.4 Å². The normalized spacial score (nSPS) is 27.9. The number of rotatable bonds is 8. The van der Waals surface area contributed by atoms with Gasteiger partial charge in [0.1, 0.15) is 5.76 Å². The predicted molar refractivity (Wildman–Crippen MR) is 110 cm³/mol. The van der Waals surface area contributed by atoms with Crippen molar-refractivity contribution in [3.8, 4) is 0 Å². The van der Waals surface area contributed by atoms with Crippen LogP contribution in [0.5, 0.6) is 0 Å². The van der Waals surface area contributed by atoms with Crippen LogP contribution in [0.25, 0.3) is 16.7 Å². The third-order valence-electron chi connectivity index (χ3n) is 5.48. The van der Waals surface area contributed by atoms with Gasteiger partial charge in [0, 0.05) is 56.6 Å². The first-order chi connectivity index (χ1) is 14.2. The Hall–Kier alpha value is -1.98. The largest absolute Gasteiger partial charge is 0.479 e. The number of aliphatic hydroxyl groups excluding tert-OH is 1. The van der Waals surface area contributed by atoms with E-state index in [1.54, 1.807) is 0 Å². The third kappa shape index (κ3) is 3.85. The van der Waals surface area contributed by atoms with Crippen molar-refractivity contribution in [3.05, 3.63) is 41.6 Å². The maximum atomic E-state index is 11.0. The van der Waals surface area contributed by atoms with E-state index in [9.17, 15) is 15.3 Å². The zero-order valence-electron chi connectivity index (χ0n) is 17.9. The summed E-state index contributed by atoms with van der Waals surface area (Å²) in [6.07, 6.45) is 0.982. The molecule has 0 saturated carbocycles. The fraction of sp³-hybridized carbons (Fsp3) is 0.524. The number of methoxy groups -OCH3 is 3. The number of hydrogen-bond acceptors (Lipinski definition) is 8. The van der Waals surface area contributed by atoms with Crippen LogP contribution < -0.4 is 0 Å². The molecule has 1 aromatic carbocycles. The minimum Gasteiger partial charge on any atom is -0.479 e. The van der Waals surface area contributed by atoms with Crippen molar-refractivity contribution in [2.45, 2.75) is 30.4 Å². The molecule has 9 heteroatoms. The van der Waals surface area contributed by atoms with Gasteiger partial charge in [-0.25, -0.2) is 0 Å². The summed E-state index contributed by atoms with van der Waals surface area (Å²) in [6.45, 7) is 0.892. The number of likely N-dealkylation sites (N-methyl/N-ethyl adjacent to an activating group) is 1. The molecule has 166 valence electrons. The predicted octanol–water partition coefficient (Wildman–Crippen LogP) is 0.646. The molecule has 0 aliphatic carbocycles. The SMILES string of the molecule is COC(O)[C@H]1OC(c2ccc3[nH]cc(CCN(C)C)c3c2)=C[C@](O)(OC)[C@@]1(O)OC. The number of aromatic amines is 1. The van der Waals surface area contributed by atoms with Crippen LogP contribution in [-0.4, -0.2) is 91.1 Å². The maximum Gasteiger partial charge on any atom is 0.268 e. The smallest absolute Gasteiger partial charge is 0.268 e. The van der Waals surface area contributed by atoms with Crippen molar-refractivity contribution < 1.29 is 34.3 Å². The molecule has 1 aliphatic heterocycles. The van der Waals surface area contributed by atoms with E-state index in [-0.39, 0.29) is 5.76 Å². The van der Waals surface area contributed by atoms with Crippen molar-refractivity contribution >= 4 is 16.7 Å². The minimum atomic E-state index is -2.41. The second-order valence-electron chi connectivity index (χ2n) is 7.60. The van der Waals surface area contributed by atoms with Crippen LogP contribution in [-0.2, 0) is 25.4 Å². The highest BCUT2D eigenvalue weighted by Crippen LogP contribution is 2.41. The van der Waals surface area contributed by atoms with Crippen LogP contribution >= 0.6 is 0 Å². The van der Waals surface area contributed by atoms with Gasteiger partial charge in [0.25, 0.3) is 5.79 Å². The molecule has 0 saturated heterocycles. The lowest BCUT2D eigenvalue weighted by molar-refractivity contribution is -0.403. The molecule has 0 fully saturated rings. The standard InChI is InChI=1S/C21H30N2O7/c1-23(2)9-8-14-12-22-16-7-6-13(10-15(14)16)17-11-20(25,28-4)21(26,29-5)18(30-17)19(24)27-3/h6-7,10-12,18-19,22,24-26H,8-9H2,1-5H3/t18-,19?,20+,21+/m1/s1. The number of nitrogens with zero attached hydrogens (tertiary/aromatic N) is 1. The summed E-state index contributed by atoms with van der Waals surface area (Å²) < 4.78 is 21.0. The Balaban J connectivity index is 2.06. The first-order valence-corrected chi connectivity index (χ1v) is 9.59. The van der Waals surface area contributed by atoms with Crippen LogP contribution in [0.1, 0.15) is 11.1 Å². The van der Waals surface area contributed by atoms with Crippen molar-refractivity contribution in [2.24, 2.45) is 0 Å². The van der Waals surface area contributed by atoms with Crippen LogP contribution in [0.4, 0.5) is 0 Å². The molecule has 0 spiro atoms. The molecular formula is C21H30N2O7. The molecular weight excluding hydrogens is 392 g/mol. The quantitative estimate of drug-likeness (QED) is 0.458. The molecule has 4 N–H and O–H groups in total. The molecule has 2 heterocycles. The molecule has 1 aliphatic rings. The summed E-state index contributed by atoms with van der Waals surface area (Å²) in [5.74, 6) is -4.49. The summed E-state index contributed by atoms with van der Waals surface area (Å²) in [4.78, 5) is 5.36. The zero-order chi connectivity index (χ0) is 22.1. The number of hydrogen-bond donors (Lipinski definition) is 4. The van der Waals surface area contributed by atoms with Gasteiger partial charge in [-0.2, -0.15) is 0 Å². The summed E-state index contributed by atoms with van der Waals surface area (Å²) in [5, 5.41) is 33.2. The molecule has 1 aromatic heterocycles. The van der Waals surface area contributed by atoms with Crippen LogP contribution in [0.15, 0.2) is 30.5 Å². The van der Waals surface area contributed by atoms with Gasteiger partial charge in [-0.05, 0) is 44.3 Å². The van der Waals surface area contributed by atoms with Gasteiger partial charge in [0.2, 0.25) is 11.9 Å². The van der Waals surface area contributed by atoms with Gasteiger partial charge < -0.3 is 44.2 Å². The topological polar surface area (TPSA) is 117 Å². The third-order valence-corrected chi connectivity index (χ3v) is 5.48. The summed E-state index contributed by atoms with van der Waals surface area (Å²) in [6, 6.07) is 5.63. The summed E-state index contributed by atoms with van der Waals surface area (Å²) >= 11 is 0. The fourth-order valence-electron chi connectivity index (χ4n) is 3.61. The van der Waals surface area contributed by atoms with Crippen molar-refractivity contribution in [2.75, 3.05) is 42.0 Å². The molecule has 4 atom stereocenters. The molecule has 3 rings (SSSR count). The van der Waals surface area contributed by atoms with E-state index in [1.807, 2.05) is 38.5 Å². The number of aliphatic hydroxyl groups is 3. The minimum absolute atomic E-state index is 0.212. The number of nitrogens with one attached hydrogen (secondary N) is 1. The Morgan fingerprint density at radius 2 is 1.93 bits per heavy atom. The molecule has 30 heavy (non-hydrogen) atoms. The van der Waals surface area contributed by atoms with Crippen molar-refractivity contribution in [3.63, 3.8) is 0 Å². The Labute approximate surface area is 175 Å². The highest BCUT2D eigenvalue weighted by atomic mass is 16.7. The zero-order valence-corrected chi connectivity index (χ0v) is 17.9. The van der Waals surface area contributed by atoms with E-state index >= 15 is 0 Å². The van der Waals surface area contributed by atoms with E-state index in [2.05, 4.69) is 9.88 Å². The second-order valence-corrected chi connectivity index (χ2v) is 7.60. The Kier molecular flexibility index (Phi) is 6.54. The lowest BCUT2D eigenvalue weighted by atomic mass is 9.93. The van der Waals surface area contributed by atoms with E-state index in [1.165, 1.54) is 27.4 Å². The van der Waals surface area contributed by atoms with Crippen LogP contribution in [0, 0.1) is 0 Å². The molecule has 1 unspecified atom stereocenters. The van der Waals surface area contributed by atoms with E-state index < -0.39 is 24.0 Å². The highest BCUT2D eigenvalue weighted by molar-refractivity contribution is 5.86. The van der Waals surface area contributed by atoms with Gasteiger partial charge >= 0.3 is 0 Å². The van der Waals surface area contributed by atoms with Gasteiger partial charge in [-0.1, -0.05) is 0 Å². The van der Waals surface area contributed by atoms with Gasteiger partial charge in [-0.15, -0.1) is 0 Å². The average Bonchev–Trinajstić information content (AvgIpc) is 3.15. The highest BCUT2D eigenvalue weighted by Gasteiger charge is 2.62.